The predicted octanol–water partition coefficient (Wildman–Crippen LogP) is 6.54. The highest BCUT2D eigenvalue weighted by molar-refractivity contribution is 5.59. The maximum absolute atomic E-state index is 11.5. The van der Waals surface area contributed by atoms with E-state index in [1.807, 2.05) is 0 Å². The molecule has 5 rings (SSSR count). The van der Waals surface area contributed by atoms with Gasteiger partial charge in [-0.2, -0.15) is 0 Å². The highest BCUT2D eigenvalue weighted by Gasteiger charge is 2.60. The average Bonchev–Trinajstić information content (AvgIpc) is 2.98. The summed E-state index contributed by atoms with van der Waals surface area (Å²) in [7, 11) is 4.16. The molecule has 4 saturated carbocycles. The van der Waals surface area contributed by atoms with Crippen LogP contribution in [0.2, 0.25) is 0 Å². The van der Waals surface area contributed by atoms with Crippen LogP contribution >= 0.6 is 0 Å². The quantitative estimate of drug-likeness (QED) is 0.602. The van der Waals surface area contributed by atoms with Gasteiger partial charge in [0.25, 0.3) is 0 Å². The molecule has 1 aromatic carbocycles. The lowest BCUT2D eigenvalue weighted by molar-refractivity contribution is -0.119. The average molecular weight is 408 g/mol. The van der Waals surface area contributed by atoms with Gasteiger partial charge in [0.05, 0.1) is 6.10 Å². The molecule has 0 saturated heterocycles. The van der Waals surface area contributed by atoms with Gasteiger partial charge in [-0.15, -0.1) is 0 Å². The Labute approximate surface area is 183 Å². The number of anilines is 1. The van der Waals surface area contributed by atoms with Crippen LogP contribution in [0.3, 0.4) is 0 Å². The molecular weight excluding hydrogens is 366 g/mol. The molecule has 0 amide bonds. The van der Waals surface area contributed by atoms with E-state index in [4.69, 9.17) is 0 Å². The van der Waals surface area contributed by atoms with Gasteiger partial charge in [0.15, 0.2) is 0 Å². The predicted molar refractivity (Wildman–Crippen MR) is 126 cm³/mol. The first kappa shape index (κ1) is 20.6. The van der Waals surface area contributed by atoms with Crippen LogP contribution in [0.25, 0.3) is 6.08 Å². The summed E-state index contributed by atoms with van der Waals surface area (Å²) in [5, 5.41) is 11.5. The Morgan fingerprint density at radius 2 is 1.67 bits per heavy atom. The zero-order chi connectivity index (χ0) is 21.1. The van der Waals surface area contributed by atoms with Crippen LogP contribution in [-0.2, 0) is 0 Å². The minimum Gasteiger partial charge on any atom is -0.388 e. The van der Waals surface area contributed by atoms with Gasteiger partial charge < -0.3 is 10.0 Å². The van der Waals surface area contributed by atoms with Gasteiger partial charge in [0.2, 0.25) is 0 Å². The normalized spacial score (nSPS) is 44.3. The highest BCUT2D eigenvalue weighted by atomic mass is 16.3. The lowest BCUT2D eigenvalue weighted by Crippen LogP contribution is -2.53. The summed E-state index contributed by atoms with van der Waals surface area (Å²) >= 11 is 0. The van der Waals surface area contributed by atoms with E-state index in [9.17, 15) is 5.11 Å². The van der Waals surface area contributed by atoms with Crippen LogP contribution < -0.4 is 4.90 Å². The summed E-state index contributed by atoms with van der Waals surface area (Å²) in [6.45, 7) is 5.05. The molecule has 4 aliphatic rings. The highest BCUT2D eigenvalue weighted by Crippen LogP contribution is 2.67. The minimum atomic E-state index is -0.270. The van der Waals surface area contributed by atoms with E-state index in [0.29, 0.717) is 11.3 Å². The Kier molecular flexibility index (Phi) is 5.08. The van der Waals surface area contributed by atoms with Crippen LogP contribution in [0, 0.1) is 34.5 Å². The van der Waals surface area contributed by atoms with E-state index in [0.717, 1.165) is 24.2 Å². The van der Waals surface area contributed by atoms with E-state index in [1.54, 1.807) is 0 Å². The summed E-state index contributed by atoms with van der Waals surface area (Å²) in [6, 6.07) is 8.78. The van der Waals surface area contributed by atoms with Gasteiger partial charge in [-0.05, 0) is 97.3 Å². The van der Waals surface area contributed by atoms with Crippen LogP contribution in [0.5, 0.6) is 0 Å². The summed E-state index contributed by atoms with van der Waals surface area (Å²) in [5.74, 6) is 3.34. The van der Waals surface area contributed by atoms with Crippen molar-refractivity contribution in [2.45, 2.75) is 77.7 Å². The Hall–Kier alpha value is -1.28. The number of aliphatic hydroxyl groups is 1. The molecule has 164 valence electrons. The summed E-state index contributed by atoms with van der Waals surface area (Å²) in [6.07, 6.45) is 14.3. The number of rotatable bonds is 2. The van der Waals surface area contributed by atoms with Crippen molar-refractivity contribution in [3.8, 4) is 0 Å². The van der Waals surface area contributed by atoms with Crippen molar-refractivity contribution in [3.63, 3.8) is 0 Å². The number of benzene rings is 1. The molecule has 4 aliphatic carbocycles. The topological polar surface area (TPSA) is 23.5 Å². The van der Waals surface area contributed by atoms with E-state index < -0.39 is 0 Å². The molecule has 0 heterocycles. The molecule has 0 bridgehead atoms. The number of hydrogen-bond acceptors (Lipinski definition) is 2. The van der Waals surface area contributed by atoms with Crippen molar-refractivity contribution >= 4 is 11.8 Å². The molecular formula is C28H41NO. The van der Waals surface area contributed by atoms with Gasteiger partial charge >= 0.3 is 0 Å². The zero-order valence-electron chi connectivity index (χ0n) is 19.5. The molecule has 1 aromatic rings. The fourth-order valence-corrected chi connectivity index (χ4v) is 8.38. The SMILES string of the molecule is CN(C)c1ccc(/C=C2\C[C@@H]3[C@@H]4CC[C@@H]5CCCC[C@]5(C)[C@@H]4CC[C@]3(C)[C@H]2O)cc1. The van der Waals surface area contributed by atoms with Crippen LogP contribution in [0.4, 0.5) is 5.69 Å². The van der Waals surface area contributed by atoms with E-state index >= 15 is 0 Å². The number of aliphatic hydroxyl groups excluding tert-OH is 1. The van der Waals surface area contributed by atoms with Crippen molar-refractivity contribution in [1.82, 2.24) is 0 Å². The third-order valence-corrected chi connectivity index (χ3v) is 10.2. The van der Waals surface area contributed by atoms with Gasteiger partial charge in [0, 0.05) is 25.2 Å². The van der Waals surface area contributed by atoms with Gasteiger partial charge in [-0.1, -0.05) is 44.9 Å². The van der Waals surface area contributed by atoms with E-state index in [1.165, 1.54) is 68.2 Å². The van der Waals surface area contributed by atoms with Gasteiger partial charge in [0.1, 0.15) is 0 Å². The van der Waals surface area contributed by atoms with Gasteiger partial charge in [-0.25, -0.2) is 0 Å². The maximum atomic E-state index is 11.5. The molecule has 7 atom stereocenters. The maximum Gasteiger partial charge on any atom is 0.0809 e. The zero-order valence-corrected chi connectivity index (χ0v) is 19.5. The van der Waals surface area contributed by atoms with Crippen molar-refractivity contribution < 1.29 is 5.11 Å². The fraction of sp³-hybridized carbons (Fsp3) is 0.714. The van der Waals surface area contributed by atoms with Gasteiger partial charge in [-0.3, -0.25) is 0 Å². The van der Waals surface area contributed by atoms with Crippen LogP contribution in [0.15, 0.2) is 29.8 Å². The minimum absolute atomic E-state index is 0.0778. The second-order valence-corrected chi connectivity index (χ2v) is 11.8. The fourth-order valence-electron chi connectivity index (χ4n) is 8.38. The first-order chi connectivity index (χ1) is 14.3. The monoisotopic (exact) mass is 407 g/mol. The number of hydrogen-bond donors (Lipinski definition) is 1. The molecule has 4 fully saturated rings. The van der Waals surface area contributed by atoms with Crippen LogP contribution in [-0.4, -0.2) is 25.3 Å². The lowest BCUT2D eigenvalue weighted by Gasteiger charge is -2.60. The Morgan fingerprint density at radius 3 is 2.40 bits per heavy atom. The molecule has 1 N–H and O–H groups in total. The number of fused-ring (bicyclic) bond motifs is 5. The first-order valence-corrected chi connectivity index (χ1v) is 12.5. The Balaban J connectivity index is 1.41. The lowest BCUT2D eigenvalue weighted by atomic mass is 9.45. The summed E-state index contributed by atoms with van der Waals surface area (Å²) in [4.78, 5) is 2.14. The molecule has 2 heteroatoms. The standard InChI is InChI=1S/C28H41NO/c1-27-15-6-5-7-21(27)10-13-23-24(27)14-16-28(2)25(23)18-20(26(28)30)17-19-8-11-22(12-9-19)29(3)4/h8-9,11-12,17,21,23-26,30H,5-7,10,13-16,18H2,1-4H3/b20-17+/t21-,23+,24+,25+,26-,27-,28-/m0/s1. The molecule has 0 spiro atoms. The molecule has 0 radical (unpaired) electrons. The first-order valence-electron chi connectivity index (χ1n) is 12.5. The third-order valence-electron chi connectivity index (χ3n) is 10.2. The third kappa shape index (κ3) is 3.08. The van der Waals surface area contributed by atoms with Crippen LogP contribution in [0.1, 0.15) is 77.2 Å². The molecule has 30 heavy (non-hydrogen) atoms. The van der Waals surface area contributed by atoms with E-state index in [-0.39, 0.29) is 11.5 Å². The molecule has 0 unspecified atom stereocenters. The molecule has 0 aliphatic heterocycles. The second-order valence-electron chi connectivity index (χ2n) is 11.8. The number of nitrogens with zero attached hydrogens (tertiary/aromatic N) is 1. The Morgan fingerprint density at radius 1 is 0.900 bits per heavy atom. The van der Waals surface area contributed by atoms with Crippen molar-refractivity contribution in [1.29, 1.82) is 0 Å². The molecule has 2 nitrogen and oxygen atoms in total. The van der Waals surface area contributed by atoms with E-state index in [2.05, 4.69) is 63.2 Å². The summed E-state index contributed by atoms with van der Waals surface area (Å²) in [5.41, 5.74) is 4.40. The largest absolute Gasteiger partial charge is 0.388 e. The second kappa shape index (κ2) is 7.40. The van der Waals surface area contributed by atoms with Crippen molar-refractivity contribution in [2.75, 3.05) is 19.0 Å². The summed E-state index contributed by atoms with van der Waals surface area (Å²) < 4.78 is 0. The molecule has 0 aromatic heterocycles. The smallest absolute Gasteiger partial charge is 0.0809 e. The van der Waals surface area contributed by atoms with Crippen molar-refractivity contribution in [3.05, 3.63) is 35.4 Å². The Bertz CT molecular complexity index is 810. The van der Waals surface area contributed by atoms with Crippen molar-refractivity contribution in [2.24, 2.45) is 34.5 Å².